The second-order valence-corrected chi connectivity index (χ2v) is 6.59. The molecule has 0 heterocycles. The molecule has 0 spiro atoms. The topological polar surface area (TPSA) is 83.5 Å². The van der Waals surface area contributed by atoms with Crippen LogP contribution >= 0.6 is 0 Å². The highest BCUT2D eigenvalue weighted by Gasteiger charge is 2.36. The van der Waals surface area contributed by atoms with Gasteiger partial charge in [0.15, 0.2) is 9.84 Å². The SMILES string of the molecule is CS(=O)(=O)c1ccc(NC2CCC2C(=O)O)cc1. The molecule has 0 saturated heterocycles. The highest BCUT2D eigenvalue weighted by Crippen LogP contribution is 2.30. The molecular formula is C12H15NO4S. The lowest BCUT2D eigenvalue weighted by Crippen LogP contribution is -2.42. The number of nitrogens with one attached hydrogen (secondary N) is 1. The molecule has 1 aromatic carbocycles. The molecule has 2 atom stereocenters. The number of carboxylic acid groups (broad SMARTS) is 1. The fourth-order valence-electron chi connectivity index (χ4n) is 1.98. The Morgan fingerprint density at radius 2 is 1.89 bits per heavy atom. The van der Waals surface area contributed by atoms with Crippen molar-refractivity contribution in [3.05, 3.63) is 24.3 Å². The van der Waals surface area contributed by atoms with E-state index in [-0.39, 0.29) is 16.9 Å². The first-order valence-corrected chi connectivity index (χ1v) is 7.56. The molecule has 1 aromatic rings. The summed E-state index contributed by atoms with van der Waals surface area (Å²) in [7, 11) is -3.19. The summed E-state index contributed by atoms with van der Waals surface area (Å²) in [5.74, 6) is -1.13. The van der Waals surface area contributed by atoms with Crippen molar-refractivity contribution in [3.63, 3.8) is 0 Å². The number of anilines is 1. The molecule has 0 bridgehead atoms. The normalized spacial score (nSPS) is 23.2. The smallest absolute Gasteiger partial charge is 0.308 e. The number of hydrogen-bond acceptors (Lipinski definition) is 4. The van der Waals surface area contributed by atoms with Gasteiger partial charge in [0, 0.05) is 18.0 Å². The lowest BCUT2D eigenvalue weighted by molar-refractivity contribution is -0.144. The lowest BCUT2D eigenvalue weighted by Gasteiger charge is -2.34. The van der Waals surface area contributed by atoms with Crippen LogP contribution in [0.5, 0.6) is 0 Å². The van der Waals surface area contributed by atoms with Crippen LogP contribution in [0.3, 0.4) is 0 Å². The first kappa shape index (κ1) is 12.9. The predicted octanol–water partition coefficient (Wildman–Crippen LogP) is 1.37. The minimum atomic E-state index is -3.19. The minimum absolute atomic E-state index is 0.0633. The zero-order valence-electron chi connectivity index (χ0n) is 9.96. The summed E-state index contributed by atoms with van der Waals surface area (Å²) in [6.07, 6.45) is 2.67. The van der Waals surface area contributed by atoms with Crippen LogP contribution in [0.15, 0.2) is 29.2 Å². The van der Waals surface area contributed by atoms with Gasteiger partial charge in [-0.3, -0.25) is 4.79 Å². The van der Waals surface area contributed by atoms with E-state index in [0.29, 0.717) is 6.42 Å². The molecular weight excluding hydrogens is 254 g/mol. The zero-order valence-corrected chi connectivity index (χ0v) is 10.8. The summed E-state index contributed by atoms with van der Waals surface area (Å²) < 4.78 is 22.6. The van der Waals surface area contributed by atoms with E-state index < -0.39 is 15.8 Å². The third-order valence-electron chi connectivity index (χ3n) is 3.23. The molecule has 0 amide bonds. The van der Waals surface area contributed by atoms with Crippen molar-refractivity contribution in [2.24, 2.45) is 5.92 Å². The van der Waals surface area contributed by atoms with Crippen LogP contribution < -0.4 is 5.32 Å². The van der Waals surface area contributed by atoms with Gasteiger partial charge >= 0.3 is 5.97 Å². The Morgan fingerprint density at radius 1 is 1.28 bits per heavy atom. The average Bonchev–Trinajstić information content (AvgIpc) is 2.23. The summed E-state index contributed by atoms with van der Waals surface area (Å²) in [4.78, 5) is 11.1. The van der Waals surface area contributed by atoms with Gasteiger partial charge in [0.05, 0.1) is 10.8 Å². The Balaban J connectivity index is 2.05. The zero-order chi connectivity index (χ0) is 13.3. The fourth-order valence-corrected chi connectivity index (χ4v) is 2.61. The Morgan fingerprint density at radius 3 is 2.28 bits per heavy atom. The summed E-state index contributed by atoms with van der Waals surface area (Å²) >= 11 is 0. The van der Waals surface area contributed by atoms with Gasteiger partial charge in [-0.05, 0) is 37.1 Å². The van der Waals surface area contributed by atoms with E-state index in [1.54, 1.807) is 12.1 Å². The number of rotatable bonds is 4. The van der Waals surface area contributed by atoms with Crippen molar-refractivity contribution in [1.82, 2.24) is 0 Å². The highest BCUT2D eigenvalue weighted by atomic mass is 32.2. The molecule has 0 aromatic heterocycles. The Hall–Kier alpha value is -1.56. The Bertz CT molecular complexity index is 550. The lowest BCUT2D eigenvalue weighted by atomic mass is 9.79. The molecule has 1 fully saturated rings. The number of hydrogen-bond donors (Lipinski definition) is 2. The molecule has 2 N–H and O–H groups in total. The van der Waals surface area contributed by atoms with Gasteiger partial charge in [-0.2, -0.15) is 0 Å². The van der Waals surface area contributed by atoms with Gasteiger partial charge in [0.25, 0.3) is 0 Å². The molecule has 0 aliphatic heterocycles. The van der Waals surface area contributed by atoms with Crippen molar-refractivity contribution >= 4 is 21.5 Å². The van der Waals surface area contributed by atoms with Crippen molar-refractivity contribution in [1.29, 1.82) is 0 Å². The van der Waals surface area contributed by atoms with Gasteiger partial charge in [-0.15, -0.1) is 0 Å². The maximum Gasteiger partial charge on any atom is 0.308 e. The maximum absolute atomic E-state index is 11.3. The number of sulfone groups is 1. The maximum atomic E-state index is 11.3. The second kappa shape index (κ2) is 4.61. The third-order valence-corrected chi connectivity index (χ3v) is 4.35. The van der Waals surface area contributed by atoms with Crippen LogP contribution in [0.4, 0.5) is 5.69 Å². The summed E-state index contributed by atoms with van der Waals surface area (Å²) in [5, 5.41) is 12.0. The van der Waals surface area contributed by atoms with Crippen molar-refractivity contribution < 1.29 is 18.3 Å². The molecule has 2 unspecified atom stereocenters. The van der Waals surface area contributed by atoms with Gasteiger partial charge in [-0.1, -0.05) is 0 Å². The van der Waals surface area contributed by atoms with Gasteiger partial charge in [0.2, 0.25) is 0 Å². The van der Waals surface area contributed by atoms with Crippen LogP contribution in [0, 0.1) is 5.92 Å². The monoisotopic (exact) mass is 269 g/mol. The standard InChI is InChI=1S/C12H15NO4S/c1-18(16,17)9-4-2-8(3-5-9)13-11-7-6-10(11)12(14)15/h2-5,10-11,13H,6-7H2,1H3,(H,14,15). The number of carbonyl (C=O) groups is 1. The Kier molecular flexibility index (Phi) is 3.30. The summed E-state index contributed by atoms with van der Waals surface area (Å²) in [5.41, 5.74) is 0.748. The highest BCUT2D eigenvalue weighted by molar-refractivity contribution is 7.90. The van der Waals surface area contributed by atoms with Crippen LogP contribution in [-0.2, 0) is 14.6 Å². The van der Waals surface area contributed by atoms with Gasteiger partial charge in [-0.25, -0.2) is 8.42 Å². The van der Waals surface area contributed by atoms with E-state index >= 15 is 0 Å². The molecule has 18 heavy (non-hydrogen) atoms. The third kappa shape index (κ3) is 2.64. The molecule has 2 rings (SSSR count). The number of benzene rings is 1. The second-order valence-electron chi connectivity index (χ2n) is 4.57. The minimum Gasteiger partial charge on any atom is -0.481 e. The van der Waals surface area contributed by atoms with E-state index in [9.17, 15) is 13.2 Å². The molecule has 1 aliphatic rings. The molecule has 98 valence electrons. The van der Waals surface area contributed by atoms with E-state index in [0.717, 1.165) is 18.4 Å². The Labute approximate surface area is 106 Å². The first-order valence-electron chi connectivity index (χ1n) is 5.67. The number of carboxylic acids is 1. The molecule has 5 nitrogen and oxygen atoms in total. The van der Waals surface area contributed by atoms with Crippen LogP contribution in [0.1, 0.15) is 12.8 Å². The van der Waals surface area contributed by atoms with Crippen molar-refractivity contribution in [3.8, 4) is 0 Å². The van der Waals surface area contributed by atoms with Crippen LogP contribution in [-0.4, -0.2) is 31.8 Å². The molecule has 1 saturated carbocycles. The fraction of sp³-hybridized carbons (Fsp3) is 0.417. The predicted molar refractivity (Wildman–Crippen MR) is 67.3 cm³/mol. The molecule has 6 heteroatoms. The van der Waals surface area contributed by atoms with Crippen molar-refractivity contribution in [2.75, 3.05) is 11.6 Å². The first-order chi connectivity index (χ1) is 8.38. The van der Waals surface area contributed by atoms with Crippen LogP contribution in [0.25, 0.3) is 0 Å². The largest absolute Gasteiger partial charge is 0.481 e. The molecule has 0 radical (unpaired) electrons. The van der Waals surface area contributed by atoms with E-state index in [2.05, 4.69) is 5.32 Å². The van der Waals surface area contributed by atoms with Gasteiger partial charge < -0.3 is 10.4 Å². The average molecular weight is 269 g/mol. The van der Waals surface area contributed by atoms with Crippen LogP contribution in [0.2, 0.25) is 0 Å². The quantitative estimate of drug-likeness (QED) is 0.862. The van der Waals surface area contributed by atoms with E-state index in [1.807, 2.05) is 0 Å². The molecule has 1 aliphatic carbocycles. The van der Waals surface area contributed by atoms with E-state index in [1.165, 1.54) is 12.1 Å². The van der Waals surface area contributed by atoms with E-state index in [4.69, 9.17) is 5.11 Å². The van der Waals surface area contributed by atoms with Gasteiger partial charge in [0.1, 0.15) is 0 Å². The number of aliphatic carboxylic acids is 1. The summed E-state index contributed by atoms with van der Waals surface area (Å²) in [6, 6.07) is 6.30. The van der Waals surface area contributed by atoms with Crippen molar-refractivity contribution in [2.45, 2.75) is 23.8 Å². The summed E-state index contributed by atoms with van der Waals surface area (Å²) in [6.45, 7) is 0.